The summed E-state index contributed by atoms with van der Waals surface area (Å²) in [7, 11) is 0. The van der Waals surface area contributed by atoms with E-state index in [1.54, 1.807) is 19.1 Å². The lowest BCUT2D eigenvalue weighted by molar-refractivity contribution is -0.141. The normalized spacial score (nSPS) is 9.12. The summed E-state index contributed by atoms with van der Waals surface area (Å²) >= 11 is 3.31. The van der Waals surface area contributed by atoms with Crippen LogP contribution >= 0.6 is 15.9 Å². The minimum absolute atomic E-state index is 0.107. The van der Waals surface area contributed by atoms with E-state index in [0.29, 0.717) is 12.3 Å². The van der Waals surface area contributed by atoms with E-state index < -0.39 is 0 Å². The van der Waals surface area contributed by atoms with Crippen molar-refractivity contribution in [2.45, 2.75) is 13.3 Å². The van der Waals surface area contributed by atoms with Crippen LogP contribution in [-0.4, -0.2) is 12.6 Å². The van der Waals surface area contributed by atoms with E-state index in [-0.39, 0.29) is 12.4 Å². The lowest BCUT2D eigenvalue weighted by Gasteiger charge is -1.97. The van der Waals surface area contributed by atoms with Crippen molar-refractivity contribution in [1.82, 2.24) is 0 Å². The summed E-state index contributed by atoms with van der Waals surface area (Å²) in [6.07, 6.45) is 0.107. The topological polar surface area (TPSA) is 52.3 Å². The number of carbonyl (C=O) groups is 1. The van der Waals surface area contributed by atoms with Crippen LogP contribution in [0.25, 0.3) is 0 Å². The van der Waals surface area contributed by atoms with Gasteiger partial charge in [0.25, 0.3) is 0 Å². The van der Waals surface area contributed by atoms with Gasteiger partial charge in [0.2, 0.25) is 0 Å². The standard InChI is InChI=1S/C12H12BrNO2/c1-2-16-12(15)5-3-4-9-6-7-11(14)10(13)8-9/h6-8H,2,5,14H2,1H3. The Bertz CT molecular complexity index is 446. The van der Waals surface area contributed by atoms with Crippen molar-refractivity contribution in [3.8, 4) is 11.8 Å². The van der Waals surface area contributed by atoms with Crippen molar-refractivity contribution >= 4 is 27.6 Å². The molecule has 3 nitrogen and oxygen atoms in total. The first kappa shape index (κ1) is 12.6. The van der Waals surface area contributed by atoms with Crippen LogP contribution < -0.4 is 5.73 Å². The summed E-state index contributed by atoms with van der Waals surface area (Å²) < 4.78 is 5.55. The molecule has 2 N–H and O–H groups in total. The Kier molecular flexibility index (Phi) is 4.87. The zero-order chi connectivity index (χ0) is 12.0. The zero-order valence-electron chi connectivity index (χ0n) is 8.92. The van der Waals surface area contributed by atoms with Gasteiger partial charge in [-0.3, -0.25) is 4.79 Å². The number of anilines is 1. The number of hydrogen-bond acceptors (Lipinski definition) is 3. The molecule has 0 fully saturated rings. The van der Waals surface area contributed by atoms with Gasteiger partial charge >= 0.3 is 5.97 Å². The Labute approximate surface area is 103 Å². The van der Waals surface area contributed by atoms with Crippen molar-refractivity contribution in [2.24, 2.45) is 0 Å². The fraction of sp³-hybridized carbons (Fsp3) is 0.250. The number of esters is 1. The number of nitrogen functional groups attached to an aromatic ring is 1. The van der Waals surface area contributed by atoms with Crippen LogP contribution in [0.15, 0.2) is 22.7 Å². The van der Waals surface area contributed by atoms with Crippen LogP contribution in [0, 0.1) is 11.8 Å². The largest absolute Gasteiger partial charge is 0.465 e. The average molecular weight is 282 g/mol. The van der Waals surface area contributed by atoms with Gasteiger partial charge in [0, 0.05) is 15.7 Å². The van der Waals surface area contributed by atoms with Gasteiger partial charge in [-0.2, -0.15) is 0 Å². The van der Waals surface area contributed by atoms with Gasteiger partial charge in [0.15, 0.2) is 0 Å². The lowest BCUT2D eigenvalue weighted by atomic mass is 10.2. The molecule has 0 aromatic heterocycles. The third kappa shape index (κ3) is 3.95. The van der Waals surface area contributed by atoms with Gasteiger partial charge < -0.3 is 10.5 Å². The minimum Gasteiger partial charge on any atom is -0.465 e. The third-order valence-corrected chi connectivity index (χ3v) is 2.46. The monoisotopic (exact) mass is 281 g/mol. The van der Waals surface area contributed by atoms with E-state index in [2.05, 4.69) is 27.8 Å². The Morgan fingerprint density at radius 3 is 2.94 bits per heavy atom. The molecule has 4 heteroatoms. The van der Waals surface area contributed by atoms with Crippen molar-refractivity contribution in [3.63, 3.8) is 0 Å². The van der Waals surface area contributed by atoms with E-state index in [4.69, 9.17) is 10.5 Å². The van der Waals surface area contributed by atoms with Crippen LogP contribution in [0.3, 0.4) is 0 Å². The molecule has 0 radical (unpaired) electrons. The van der Waals surface area contributed by atoms with E-state index in [1.165, 1.54) is 0 Å². The Balaban J connectivity index is 2.63. The molecule has 0 atom stereocenters. The number of carbonyl (C=O) groups excluding carboxylic acids is 1. The van der Waals surface area contributed by atoms with Crippen LogP contribution in [0.4, 0.5) is 5.69 Å². The first-order valence-corrected chi connectivity index (χ1v) is 5.62. The summed E-state index contributed by atoms with van der Waals surface area (Å²) in [6, 6.07) is 5.38. The molecule has 0 spiro atoms. The molecule has 0 bridgehead atoms. The summed E-state index contributed by atoms with van der Waals surface area (Å²) in [5.41, 5.74) is 7.11. The van der Waals surface area contributed by atoms with Gasteiger partial charge in [0.05, 0.1) is 6.61 Å². The predicted octanol–water partition coefficient (Wildman–Crippen LogP) is 2.34. The molecule has 0 heterocycles. The molecule has 0 aliphatic rings. The zero-order valence-corrected chi connectivity index (χ0v) is 10.5. The maximum atomic E-state index is 11.0. The molecule has 16 heavy (non-hydrogen) atoms. The van der Waals surface area contributed by atoms with Gasteiger partial charge in [-0.15, -0.1) is 0 Å². The van der Waals surface area contributed by atoms with Crippen LogP contribution in [-0.2, 0) is 9.53 Å². The average Bonchev–Trinajstić information content (AvgIpc) is 2.24. The quantitative estimate of drug-likeness (QED) is 0.514. The third-order valence-electron chi connectivity index (χ3n) is 1.77. The maximum absolute atomic E-state index is 11.0. The molecular formula is C12H12BrNO2. The lowest BCUT2D eigenvalue weighted by Crippen LogP contribution is -2.01. The molecule has 0 amide bonds. The summed E-state index contributed by atoms with van der Waals surface area (Å²) in [5.74, 6) is 5.31. The molecule has 0 unspecified atom stereocenters. The Hall–Kier alpha value is -1.47. The SMILES string of the molecule is CCOC(=O)CC#Cc1ccc(N)c(Br)c1. The van der Waals surface area contributed by atoms with E-state index in [1.807, 2.05) is 6.07 Å². The van der Waals surface area contributed by atoms with E-state index >= 15 is 0 Å². The number of rotatable bonds is 2. The molecule has 84 valence electrons. The molecule has 1 rings (SSSR count). The van der Waals surface area contributed by atoms with Gasteiger partial charge in [-0.1, -0.05) is 11.8 Å². The summed E-state index contributed by atoms with van der Waals surface area (Å²) in [4.78, 5) is 11.0. The number of hydrogen-bond donors (Lipinski definition) is 1. The highest BCUT2D eigenvalue weighted by Crippen LogP contribution is 2.19. The highest BCUT2D eigenvalue weighted by Gasteiger charge is 1.97. The summed E-state index contributed by atoms with van der Waals surface area (Å²) in [6.45, 7) is 2.15. The molecule has 1 aromatic carbocycles. The second-order valence-electron chi connectivity index (χ2n) is 3.02. The van der Waals surface area contributed by atoms with E-state index in [0.717, 1.165) is 10.0 Å². The Morgan fingerprint density at radius 1 is 1.56 bits per heavy atom. The maximum Gasteiger partial charge on any atom is 0.317 e. The van der Waals surface area contributed by atoms with Crippen molar-refractivity contribution < 1.29 is 9.53 Å². The first-order valence-electron chi connectivity index (χ1n) is 4.83. The highest BCUT2D eigenvalue weighted by atomic mass is 79.9. The molecule has 0 aliphatic carbocycles. The summed E-state index contributed by atoms with van der Waals surface area (Å²) in [5, 5.41) is 0. The number of benzene rings is 1. The fourth-order valence-corrected chi connectivity index (χ4v) is 1.41. The second-order valence-corrected chi connectivity index (χ2v) is 3.87. The van der Waals surface area contributed by atoms with Crippen molar-refractivity contribution in [2.75, 3.05) is 12.3 Å². The van der Waals surface area contributed by atoms with Crippen molar-refractivity contribution in [1.29, 1.82) is 0 Å². The predicted molar refractivity (Wildman–Crippen MR) is 66.7 cm³/mol. The van der Waals surface area contributed by atoms with Gasteiger partial charge in [-0.05, 0) is 41.1 Å². The second kappa shape index (κ2) is 6.19. The van der Waals surface area contributed by atoms with Crippen LogP contribution in [0.2, 0.25) is 0 Å². The number of halogens is 1. The van der Waals surface area contributed by atoms with Crippen molar-refractivity contribution in [3.05, 3.63) is 28.2 Å². The molecular weight excluding hydrogens is 270 g/mol. The number of ether oxygens (including phenoxy) is 1. The fourth-order valence-electron chi connectivity index (χ4n) is 1.04. The molecule has 0 saturated heterocycles. The Morgan fingerprint density at radius 2 is 2.31 bits per heavy atom. The first-order chi connectivity index (χ1) is 7.63. The molecule has 0 aliphatic heterocycles. The van der Waals surface area contributed by atoms with Crippen LogP contribution in [0.5, 0.6) is 0 Å². The molecule has 1 aromatic rings. The minimum atomic E-state index is -0.301. The smallest absolute Gasteiger partial charge is 0.317 e. The molecule has 0 saturated carbocycles. The van der Waals surface area contributed by atoms with Crippen LogP contribution in [0.1, 0.15) is 18.9 Å². The number of nitrogens with two attached hydrogens (primary N) is 1. The van der Waals surface area contributed by atoms with Gasteiger partial charge in [0.1, 0.15) is 6.42 Å². The highest BCUT2D eigenvalue weighted by molar-refractivity contribution is 9.10. The van der Waals surface area contributed by atoms with Gasteiger partial charge in [-0.25, -0.2) is 0 Å². The van der Waals surface area contributed by atoms with E-state index in [9.17, 15) is 4.79 Å².